The second-order valence-electron chi connectivity index (χ2n) is 0.224. The Labute approximate surface area is 46.7 Å². The molecule has 0 spiro atoms. The summed E-state index contributed by atoms with van der Waals surface area (Å²) in [5.41, 5.74) is 0. The minimum absolute atomic E-state index is 0. The van der Waals surface area contributed by atoms with E-state index >= 15 is 0 Å². The summed E-state index contributed by atoms with van der Waals surface area (Å²) in [7, 11) is 0. The minimum Gasteiger partial charge on any atom is -0.356 e. The van der Waals surface area contributed by atoms with Gasteiger partial charge >= 0.3 is 25.8 Å². The van der Waals surface area contributed by atoms with Crippen LogP contribution in [-0.2, 0) is 25.8 Å². The first kappa shape index (κ1) is 8.91. The predicted molar refractivity (Wildman–Crippen MR) is 10.4 cm³/mol. The monoisotopic (exact) mass is 107 g/mol. The van der Waals surface area contributed by atoms with E-state index in [-0.39, 0.29) is 25.8 Å². The topological polar surface area (TPSA) is 66.2 Å². The number of nitrogens with zero attached hydrogens (tertiary/aromatic N) is 1. The molecule has 0 fully saturated rings. The number of hydrogen-bond donors (Lipinski definition) is 0. The van der Waals surface area contributed by atoms with Gasteiger partial charge in [0.2, 0.25) is 0 Å². The Balaban J connectivity index is 0. The molecular weight excluding hydrogens is 107 g/mol. The molecule has 4 nitrogen and oxygen atoms in total. The molecular formula is NO3Sc+2. The molecule has 0 radical (unpaired) electrons. The van der Waals surface area contributed by atoms with E-state index in [4.69, 9.17) is 15.3 Å². The molecule has 5 heavy (non-hydrogen) atoms. The SMILES string of the molecule is O=[N+]([O-])[O-].[Sc+3]. The third kappa shape index (κ3) is 3550. The van der Waals surface area contributed by atoms with Crippen molar-refractivity contribution in [2.75, 3.05) is 0 Å². The van der Waals surface area contributed by atoms with Crippen LogP contribution in [0.15, 0.2) is 0 Å². The Hall–Kier alpha value is 0.0701. The zero-order valence-corrected chi connectivity index (χ0v) is 4.05. The second-order valence-corrected chi connectivity index (χ2v) is 0.224. The van der Waals surface area contributed by atoms with Crippen LogP contribution >= 0.6 is 0 Å². The van der Waals surface area contributed by atoms with Crippen LogP contribution < -0.4 is 0 Å². The van der Waals surface area contributed by atoms with Crippen molar-refractivity contribution in [1.82, 2.24) is 0 Å². The maximum Gasteiger partial charge on any atom is 3.00 e. The molecule has 0 rings (SSSR count). The zero-order valence-electron chi connectivity index (χ0n) is 2.25. The van der Waals surface area contributed by atoms with E-state index < -0.39 is 5.09 Å². The van der Waals surface area contributed by atoms with E-state index in [1.54, 1.807) is 0 Å². The molecule has 0 unspecified atom stereocenters. The maximum atomic E-state index is 8.25. The van der Waals surface area contributed by atoms with Crippen LogP contribution in [0, 0.1) is 15.3 Å². The maximum absolute atomic E-state index is 8.25. The van der Waals surface area contributed by atoms with Crippen molar-refractivity contribution in [3.8, 4) is 0 Å². The van der Waals surface area contributed by atoms with Crippen molar-refractivity contribution in [2.45, 2.75) is 0 Å². The van der Waals surface area contributed by atoms with Crippen LogP contribution in [-0.4, -0.2) is 5.09 Å². The Morgan fingerprint density at radius 1 is 1.40 bits per heavy atom. The summed E-state index contributed by atoms with van der Waals surface area (Å²) in [6, 6.07) is 0. The van der Waals surface area contributed by atoms with Crippen LogP contribution in [0.3, 0.4) is 0 Å². The fraction of sp³-hybridized carbons (Fsp3) is 0. The molecule has 0 heterocycles. The first-order chi connectivity index (χ1) is 1.73. The Morgan fingerprint density at radius 2 is 1.40 bits per heavy atom. The second kappa shape index (κ2) is 4.07. The normalized spacial score (nSPS) is 4.80. The Bertz CT molecular complexity index is 29.9. The fourth-order valence-electron chi connectivity index (χ4n) is 0. The van der Waals surface area contributed by atoms with E-state index in [0.717, 1.165) is 0 Å². The summed E-state index contributed by atoms with van der Waals surface area (Å²) >= 11 is 0. The molecule has 0 atom stereocenters. The molecule has 5 heteroatoms. The molecule has 0 aromatic carbocycles. The smallest absolute Gasteiger partial charge is 0.356 e. The van der Waals surface area contributed by atoms with Gasteiger partial charge in [0.15, 0.2) is 0 Å². The largest absolute Gasteiger partial charge is 3.00 e. The van der Waals surface area contributed by atoms with Gasteiger partial charge in [-0.05, 0) is 0 Å². The summed E-state index contributed by atoms with van der Waals surface area (Å²) < 4.78 is 0. The van der Waals surface area contributed by atoms with E-state index in [9.17, 15) is 0 Å². The Kier molecular flexibility index (Phi) is 7.25. The summed E-state index contributed by atoms with van der Waals surface area (Å²) in [5, 5.41) is 14.8. The quantitative estimate of drug-likeness (QED) is 0.317. The van der Waals surface area contributed by atoms with Gasteiger partial charge in [-0.25, -0.2) is 0 Å². The van der Waals surface area contributed by atoms with Gasteiger partial charge < -0.3 is 15.3 Å². The molecule has 0 bridgehead atoms. The van der Waals surface area contributed by atoms with Crippen molar-refractivity contribution in [2.24, 2.45) is 0 Å². The summed E-state index contributed by atoms with van der Waals surface area (Å²) in [6.45, 7) is 0. The first-order valence-electron chi connectivity index (χ1n) is 0.548. The molecule has 0 amide bonds. The van der Waals surface area contributed by atoms with E-state index in [1.165, 1.54) is 0 Å². The number of rotatable bonds is 0. The molecule has 0 N–H and O–H groups in total. The van der Waals surface area contributed by atoms with Crippen molar-refractivity contribution in [3.63, 3.8) is 0 Å². The van der Waals surface area contributed by atoms with Gasteiger partial charge in [-0.3, -0.25) is 0 Å². The van der Waals surface area contributed by atoms with E-state index in [0.29, 0.717) is 0 Å². The number of hydrogen-bond acceptors (Lipinski definition) is 3. The van der Waals surface area contributed by atoms with Crippen LogP contribution in [0.25, 0.3) is 0 Å². The molecule has 0 aliphatic heterocycles. The summed E-state index contributed by atoms with van der Waals surface area (Å²) in [4.78, 5) is 8.25. The third-order valence-corrected chi connectivity index (χ3v) is 0. The molecule has 24 valence electrons. The minimum atomic E-state index is -1.75. The molecule has 0 aromatic heterocycles. The first-order valence-corrected chi connectivity index (χ1v) is 0.548. The van der Waals surface area contributed by atoms with Gasteiger partial charge in [0.1, 0.15) is 0 Å². The average molecular weight is 107 g/mol. The van der Waals surface area contributed by atoms with E-state index in [1.807, 2.05) is 0 Å². The van der Waals surface area contributed by atoms with Gasteiger partial charge in [0, 0.05) is 0 Å². The molecule has 0 aromatic rings. The predicted octanol–water partition coefficient (Wildman–Crippen LogP) is -0.242. The van der Waals surface area contributed by atoms with Gasteiger partial charge in [0.25, 0.3) is 0 Å². The van der Waals surface area contributed by atoms with Crippen LogP contribution in [0.1, 0.15) is 0 Å². The summed E-state index contributed by atoms with van der Waals surface area (Å²) in [6.07, 6.45) is 0. The molecule has 0 saturated carbocycles. The average Bonchev–Trinajstić information content (AvgIpc) is 0.811. The Morgan fingerprint density at radius 3 is 1.40 bits per heavy atom. The van der Waals surface area contributed by atoms with Gasteiger partial charge in [-0.15, -0.1) is 0 Å². The molecule has 0 saturated heterocycles. The molecule has 0 aliphatic rings. The van der Waals surface area contributed by atoms with Gasteiger partial charge in [0.05, 0.1) is 5.09 Å². The van der Waals surface area contributed by atoms with Crippen LogP contribution in [0.4, 0.5) is 0 Å². The summed E-state index contributed by atoms with van der Waals surface area (Å²) in [5.74, 6) is 0. The van der Waals surface area contributed by atoms with Crippen molar-refractivity contribution in [3.05, 3.63) is 15.3 Å². The van der Waals surface area contributed by atoms with Gasteiger partial charge in [-0.1, -0.05) is 0 Å². The zero-order chi connectivity index (χ0) is 3.58. The fourth-order valence-corrected chi connectivity index (χ4v) is 0. The van der Waals surface area contributed by atoms with Crippen LogP contribution in [0.2, 0.25) is 0 Å². The molecule has 0 aliphatic carbocycles. The van der Waals surface area contributed by atoms with Crippen molar-refractivity contribution in [1.29, 1.82) is 0 Å². The van der Waals surface area contributed by atoms with Crippen molar-refractivity contribution < 1.29 is 30.9 Å². The van der Waals surface area contributed by atoms with Crippen LogP contribution in [0.5, 0.6) is 0 Å². The standard InChI is InChI=1S/NO3.Sc/c2-1(3)4;/q-1;+3. The third-order valence-electron chi connectivity index (χ3n) is 0. The van der Waals surface area contributed by atoms with Gasteiger partial charge in [-0.2, -0.15) is 0 Å². The van der Waals surface area contributed by atoms with Crippen molar-refractivity contribution >= 4 is 0 Å². The van der Waals surface area contributed by atoms with E-state index in [2.05, 4.69) is 0 Å².